The average molecular weight is 792 g/mol. The normalized spacial score (nSPS) is 13.2. The van der Waals surface area contributed by atoms with Gasteiger partial charge in [-0.3, -0.25) is 0 Å². The number of nitrogens with zero attached hydrogens (tertiary/aromatic N) is 1. The summed E-state index contributed by atoms with van der Waals surface area (Å²) in [4.78, 5) is 2.80. The van der Waals surface area contributed by atoms with E-state index in [1.807, 2.05) is 0 Å². The fourth-order valence-corrected chi connectivity index (χ4v) is 9.36. The van der Waals surface area contributed by atoms with Crippen molar-refractivity contribution in [1.29, 1.82) is 0 Å². The molecule has 0 N–H and O–H groups in total. The van der Waals surface area contributed by atoms with Crippen LogP contribution in [0.5, 0.6) is 0 Å². The van der Waals surface area contributed by atoms with Gasteiger partial charge in [0.2, 0.25) is 0 Å². The van der Waals surface area contributed by atoms with Gasteiger partial charge in [0.1, 0.15) is 0 Å². The standard InChI is InChI=1S/C53H109NO2/c1-13-15-17-19-21-23-25-27-29-31-33-35-37-39-41-49(42-40-38-36-34-32-30-28-26-24-22-20-18-16-14-2)54(11)48-51(5,6)47-50(3,4)43-44-53(9,10)56-46-45-52(7,8)55-12/h49H,13-48H2,1-12H3. The van der Waals surface area contributed by atoms with Crippen LogP contribution in [0.2, 0.25) is 0 Å². The Bertz CT molecular complexity index is 800. The molecule has 0 fully saturated rings. The van der Waals surface area contributed by atoms with Crippen molar-refractivity contribution < 1.29 is 9.47 Å². The minimum absolute atomic E-state index is 0.103. The van der Waals surface area contributed by atoms with Gasteiger partial charge in [-0.25, -0.2) is 0 Å². The van der Waals surface area contributed by atoms with Gasteiger partial charge in [0.15, 0.2) is 0 Å². The topological polar surface area (TPSA) is 21.7 Å². The van der Waals surface area contributed by atoms with Crippen molar-refractivity contribution in [2.24, 2.45) is 10.8 Å². The molecule has 0 saturated heterocycles. The number of hydrogen-bond acceptors (Lipinski definition) is 3. The Morgan fingerprint density at radius 3 is 1.09 bits per heavy atom. The van der Waals surface area contributed by atoms with Crippen LogP contribution in [-0.2, 0) is 9.47 Å². The molecule has 0 aliphatic heterocycles. The lowest BCUT2D eigenvalue weighted by Crippen LogP contribution is -2.41. The monoisotopic (exact) mass is 792 g/mol. The second-order valence-corrected chi connectivity index (χ2v) is 21.7. The number of ether oxygens (including phenoxy) is 2. The summed E-state index contributed by atoms with van der Waals surface area (Å²) < 4.78 is 12.0. The zero-order chi connectivity index (χ0) is 42.0. The third kappa shape index (κ3) is 35.8. The van der Waals surface area contributed by atoms with Crippen LogP contribution in [0.25, 0.3) is 0 Å². The highest BCUT2D eigenvalue weighted by atomic mass is 16.5. The van der Waals surface area contributed by atoms with Gasteiger partial charge in [-0.15, -0.1) is 0 Å². The highest BCUT2D eigenvalue weighted by molar-refractivity contribution is 4.85. The molecule has 0 aromatic rings. The van der Waals surface area contributed by atoms with E-state index in [1.165, 1.54) is 212 Å². The van der Waals surface area contributed by atoms with Crippen LogP contribution in [-0.4, -0.2) is 49.5 Å². The molecule has 0 radical (unpaired) electrons. The molecule has 0 aliphatic carbocycles. The van der Waals surface area contributed by atoms with E-state index in [-0.39, 0.29) is 22.0 Å². The highest BCUT2D eigenvalue weighted by Crippen LogP contribution is 2.40. The van der Waals surface area contributed by atoms with Crippen LogP contribution in [0.4, 0.5) is 0 Å². The van der Waals surface area contributed by atoms with Crippen LogP contribution < -0.4 is 0 Å². The molecule has 0 aliphatic rings. The van der Waals surface area contributed by atoms with Crippen LogP contribution >= 0.6 is 0 Å². The third-order valence-corrected chi connectivity index (χ3v) is 13.2. The lowest BCUT2D eigenvalue weighted by atomic mass is 9.71. The molecule has 0 aromatic carbocycles. The lowest BCUT2D eigenvalue weighted by Gasteiger charge is -2.41. The molecule has 3 heteroatoms. The van der Waals surface area contributed by atoms with Crippen LogP contribution in [0.1, 0.15) is 288 Å². The fourth-order valence-electron chi connectivity index (χ4n) is 9.36. The molecule has 0 bridgehead atoms. The number of rotatable bonds is 43. The minimum Gasteiger partial charge on any atom is -0.379 e. The summed E-state index contributed by atoms with van der Waals surface area (Å²) in [5.41, 5.74) is 0.348. The number of unbranched alkanes of at least 4 members (excludes halogenated alkanes) is 26. The van der Waals surface area contributed by atoms with Gasteiger partial charge >= 0.3 is 0 Å². The molecule has 56 heavy (non-hydrogen) atoms. The molecule has 0 spiro atoms. The summed E-state index contributed by atoms with van der Waals surface area (Å²) >= 11 is 0. The molecule has 338 valence electrons. The summed E-state index contributed by atoms with van der Waals surface area (Å²) in [5.74, 6) is 0. The summed E-state index contributed by atoms with van der Waals surface area (Å²) in [6.07, 6.45) is 47.7. The molecular formula is C53H109NO2. The van der Waals surface area contributed by atoms with Crippen molar-refractivity contribution >= 4 is 0 Å². The largest absolute Gasteiger partial charge is 0.379 e. The molecule has 0 unspecified atom stereocenters. The first-order chi connectivity index (χ1) is 26.6. The van der Waals surface area contributed by atoms with E-state index in [9.17, 15) is 0 Å². The molecule has 0 amide bonds. The fraction of sp³-hybridized carbons (Fsp3) is 1.00. The van der Waals surface area contributed by atoms with Gasteiger partial charge in [-0.2, -0.15) is 0 Å². The first-order valence-electron chi connectivity index (χ1n) is 25.5. The van der Waals surface area contributed by atoms with Crippen LogP contribution in [0, 0.1) is 10.8 Å². The van der Waals surface area contributed by atoms with Gasteiger partial charge in [-0.05, 0) is 84.1 Å². The zero-order valence-corrected chi connectivity index (χ0v) is 41.3. The summed E-state index contributed by atoms with van der Waals surface area (Å²) in [5, 5.41) is 0. The second-order valence-electron chi connectivity index (χ2n) is 21.7. The predicted octanol–water partition coefficient (Wildman–Crippen LogP) is 17.9. The first kappa shape index (κ1) is 55.9. The summed E-state index contributed by atoms with van der Waals surface area (Å²) in [6.45, 7) is 25.5. The molecule has 0 atom stereocenters. The number of methoxy groups -OCH3 is 1. The summed E-state index contributed by atoms with van der Waals surface area (Å²) in [6, 6.07) is 0.732. The van der Waals surface area contributed by atoms with Gasteiger partial charge < -0.3 is 14.4 Å². The van der Waals surface area contributed by atoms with E-state index in [0.29, 0.717) is 0 Å². The minimum atomic E-state index is -0.123. The predicted molar refractivity (Wildman–Crippen MR) is 253 cm³/mol. The maximum absolute atomic E-state index is 6.40. The van der Waals surface area contributed by atoms with Gasteiger partial charge in [0, 0.05) is 19.7 Å². The van der Waals surface area contributed by atoms with Crippen molar-refractivity contribution in [3.05, 3.63) is 0 Å². The van der Waals surface area contributed by atoms with Crippen molar-refractivity contribution in [3.8, 4) is 0 Å². The number of hydrogen-bond donors (Lipinski definition) is 0. The second kappa shape index (κ2) is 34.6. The van der Waals surface area contributed by atoms with Crippen LogP contribution in [0.3, 0.4) is 0 Å². The third-order valence-electron chi connectivity index (χ3n) is 13.2. The van der Waals surface area contributed by atoms with Crippen LogP contribution in [0.15, 0.2) is 0 Å². The van der Waals surface area contributed by atoms with E-state index in [2.05, 4.69) is 81.2 Å². The Labute approximate surface area is 356 Å². The van der Waals surface area contributed by atoms with Crippen molar-refractivity contribution in [3.63, 3.8) is 0 Å². The highest BCUT2D eigenvalue weighted by Gasteiger charge is 2.33. The van der Waals surface area contributed by atoms with E-state index < -0.39 is 0 Å². The first-order valence-corrected chi connectivity index (χ1v) is 25.5. The Balaban J connectivity index is 4.77. The Kier molecular flexibility index (Phi) is 34.5. The van der Waals surface area contributed by atoms with E-state index in [4.69, 9.17) is 9.47 Å². The molecular weight excluding hydrogens is 683 g/mol. The van der Waals surface area contributed by atoms with E-state index in [1.54, 1.807) is 7.11 Å². The SMILES string of the molecule is CCCCCCCCCCCCCCCCC(CCCCCCCCCCCCCCCC)N(C)CC(C)(C)CC(C)(C)CCC(C)(C)OCCC(C)(C)OC. The van der Waals surface area contributed by atoms with Gasteiger partial charge in [0.25, 0.3) is 0 Å². The summed E-state index contributed by atoms with van der Waals surface area (Å²) in [7, 11) is 4.27. The zero-order valence-electron chi connectivity index (χ0n) is 41.3. The van der Waals surface area contributed by atoms with Crippen molar-refractivity contribution in [2.75, 3.05) is 27.3 Å². The average Bonchev–Trinajstić information content (AvgIpc) is 3.12. The Hall–Kier alpha value is -0.120. The quantitative estimate of drug-likeness (QED) is 0.0574. The molecule has 0 aromatic heterocycles. The van der Waals surface area contributed by atoms with Crippen molar-refractivity contribution in [2.45, 2.75) is 305 Å². The van der Waals surface area contributed by atoms with Crippen molar-refractivity contribution in [1.82, 2.24) is 4.90 Å². The lowest BCUT2D eigenvalue weighted by molar-refractivity contribution is -0.0660. The maximum atomic E-state index is 6.40. The van der Waals surface area contributed by atoms with E-state index >= 15 is 0 Å². The molecule has 0 saturated carbocycles. The Morgan fingerprint density at radius 2 is 0.750 bits per heavy atom. The molecule has 0 heterocycles. The van der Waals surface area contributed by atoms with Gasteiger partial charge in [-0.1, -0.05) is 221 Å². The molecule has 0 rings (SSSR count). The smallest absolute Gasteiger partial charge is 0.0644 e. The Morgan fingerprint density at radius 1 is 0.411 bits per heavy atom. The van der Waals surface area contributed by atoms with E-state index in [0.717, 1.165) is 25.5 Å². The maximum Gasteiger partial charge on any atom is 0.0644 e. The van der Waals surface area contributed by atoms with Gasteiger partial charge in [0.05, 0.1) is 17.8 Å². The molecule has 3 nitrogen and oxygen atoms in total.